The first kappa shape index (κ1) is 19.2. The molecule has 0 radical (unpaired) electrons. The fourth-order valence-electron chi connectivity index (χ4n) is 3.00. The third-order valence-corrected chi connectivity index (χ3v) is 5.24. The number of hydrogen-bond acceptors (Lipinski definition) is 4. The van der Waals surface area contributed by atoms with Crippen molar-refractivity contribution >= 4 is 21.8 Å². The van der Waals surface area contributed by atoms with Crippen molar-refractivity contribution in [3.05, 3.63) is 58.1 Å². The van der Waals surface area contributed by atoms with Crippen LogP contribution >= 0.6 is 15.9 Å². The lowest BCUT2D eigenvalue weighted by molar-refractivity contribution is -0.123. The van der Waals surface area contributed by atoms with E-state index in [0.717, 1.165) is 12.8 Å². The lowest BCUT2D eigenvalue weighted by atomic mass is 9.96. The van der Waals surface area contributed by atoms with Gasteiger partial charge in [-0.2, -0.15) is 5.26 Å². The van der Waals surface area contributed by atoms with Crippen molar-refractivity contribution in [3.8, 4) is 17.6 Å². The summed E-state index contributed by atoms with van der Waals surface area (Å²) in [5.41, 5.74) is 1.78. The first-order valence-electron chi connectivity index (χ1n) is 8.89. The molecule has 0 saturated heterocycles. The van der Waals surface area contributed by atoms with Crippen LogP contribution in [0.4, 0.5) is 0 Å². The Labute approximate surface area is 167 Å². The molecule has 0 atom stereocenters. The molecule has 6 heteroatoms. The van der Waals surface area contributed by atoms with Crippen LogP contribution in [0.2, 0.25) is 0 Å². The minimum Gasteiger partial charge on any atom is -0.490 e. The molecule has 0 bridgehead atoms. The summed E-state index contributed by atoms with van der Waals surface area (Å²) in [6.45, 7) is 2.77. The number of nitrogens with one attached hydrogen (secondary N) is 1. The van der Waals surface area contributed by atoms with E-state index in [9.17, 15) is 4.79 Å². The van der Waals surface area contributed by atoms with Crippen molar-refractivity contribution in [1.82, 2.24) is 5.32 Å². The van der Waals surface area contributed by atoms with Crippen LogP contribution in [0.5, 0.6) is 11.5 Å². The third kappa shape index (κ3) is 4.61. The van der Waals surface area contributed by atoms with Gasteiger partial charge < -0.3 is 14.8 Å². The second-order valence-electron chi connectivity index (χ2n) is 6.54. The average molecular weight is 429 g/mol. The lowest BCUT2D eigenvalue weighted by Crippen LogP contribution is -2.35. The van der Waals surface area contributed by atoms with Crippen molar-refractivity contribution < 1.29 is 14.3 Å². The summed E-state index contributed by atoms with van der Waals surface area (Å²) in [5.74, 6) is 0.685. The Balaban J connectivity index is 1.59. The van der Waals surface area contributed by atoms with Crippen molar-refractivity contribution in [1.29, 1.82) is 5.26 Å². The Morgan fingerprint density at radius 1 is 1.26 bits per heavy atom. The summed E-state index contributed by atoms with van der Waals surface area (Å²) in [6, 6.07) is 15.6. The zero-order chi connectivity index (χ0) is 19.3. The van der Waals surface area contributed by atoms with E-state index >= 15 is 0 Å². The maximum absolute atomic E-state index is 12.3. The second-order valence-corrected chi connectivity index (χ2v) is 7.40. The van der Waals surface area contributed by atoms with Gasteiger partial charge in [0.2, 0.25) is 0 Å². The second kappa shape index (κ2) is 8.45. The van der Waals surface area contributed by atoms with Crippen LogP contribution < -0.4 is 14.8 Å². The van der Waals surface area contributed by atoms with Gasteiger partial charge in [-0.05, 0) is 47.3 Å². The number of nitriles is 1. The van der Waals surface area contributed by atoms with Gasteiger partial charge >= 0.3 is 0 Å². The molecule has 0 aromatic heterocycles. The molecule has 2 aromatic carbocycles. The van der Waals surface area contributed by atoms with E-state index in [1.54, 1.807) is 12.1 Å². The van der Waals surface area contributed by atoms with Crippen LogP contribution in [0.25, 0.3) is 0 Å². The maximum atomic E-state index is 12.3. The molecule has 1 fully saturated rings. The molecule has 0 spiro atoms. The van der Waals surface area contributed by atoms with E-state index in [-0.39, 0.29) is 17.9 Å². The normalized spacial score (nSPS) is 14.1. The number of carbonyl (C=O) groups excluding carboxylic acids is 1. The molecule has 140 valence electrons. The van der Waals surface area contributed by atoms with E-state index in [4.69, 9.17) is 14.7 Å². The van der Waals surface area contributed by atoms with Crippen molar-refractivity contribution in [2.24, 2.45) is 0 Å². The van der Waals surface area contributed by atoms with E-state index in [1.165, 1.54) is 5.56 Å². The van der Waals surface area contributed by atoms with Gasteiger partial charge in [0.1, 0.15) is 0 Å². The molecule has 2 aromatic rings. The van der Waals surface area contributed by atoms with E-state index in [0.29, 0.717) is 34.7 Å². The predicted molar refractivity (Wildman–Crippen MR) is 106 cm³/mol. The number of rotatable bonds is 8. The summed E-state index contributed by atoms with van der Waals surface area (Å²) in [4.78, 5) is 12.3. The molecule has 1 amide bonds. The highest BCUT2D eigenvalue weighted by atomic mass is 79.9. The number of halogens is 1. The van der Waals surface area contributed by atoms with Gasteiger partial charge in [-0.3, -0.25) is 4.79 Å². The summed E-state index contributed by atoms with van der Waals surface area (Å²) < 4.78 is 11.8. The molecular weight excluding hydrogens is 408 g/mol. The summed E-state index contributed by atoms with van der Waals surface area (Å²) >= 11 is 3.38. The van der Waals surface area contributed by atoms with Gasteiger partial charge in [-0.1, -0.05) is 30.3 Å². The van der Waals surface area contributed by atoms with E-state index in [2.05, 4.69) is 39.4 Å². The van der Waals surface area contributed by atoms with Gasteiger partial charge in [0.05, 0.1) is 22.7 Å². The minimum absolute atomic E-state index is 0.0580. The monoisotopic (exact) mass is 428 g/mol. The van der Waals surface area contributed by atoms with Crippen molar-refractivity contribution in [2.45, 2.75) is 25.2 Å². The molecule has 0 aliphatic heterocycles. The smallest absolute Gasteiger partial charge is 0.257 e. The van der Waals surface area contributed by atoms with E-state index in [1.807, 2.05) is 25.1 Å². The largest absolute Gasteiger partial charge is 0.490 e. The lowest BCUT2D eigenvalue weighted by Gasteiger charge is -2.17. The number of carbonyl (C=O) groups is 1. The van der Waals surface area contributed by atoms with Crippen LogP contribution in [-0.2, 0) is 10.2 Å². The zero-order valence-electron chi connectivity index (χ0n) is 15.1. The topological polar surface area (TPSA) is 71.3 Å². The Bertz CT molecular complexity index is 858. The molecule has 0 heterocycles. The maximum Gasteiger partial charge on any atom is 0.257 e. The molecular formula is C21H21BrN2O3. The first-order chi connectivity index (χ1) is 13.1. The van der Waals surface area contributed by atoms with Crippen molar-refractivity contribution in [3.63, 3.8) is 0 Å². The average Bonchev–Trinajstić information content (AvgIpc) is 3.47. The fourth-order valence-corrected chi connectivity index (χ4v) is 3.56. The Kier molecular flexibility index (Phi) is 6.02. The summed E-state index contributed by atoms with van der Waals surface area (Å²) in [5, 5.41) is 12.1. The van der Waals surface area contributed by atoms with Crippen LogP contribution in [0.3, 0.4) is 0 Å². The molecule has 1 N–H and O–H groups in total. The van der Waals surface area contributed by atoms with Crippen LogP contribution in [0, 0.1) is 11.3 Å². The van der Waals surface area contributed by atoms with Gasteiger partial charge in [0.15, 0.2) is 18.1 Å². The highest BCUT2D eigenvalue weighted by Gasteiger charge is 2.44. The van der Waals surface area contributed by atoms with Gasteiger partial charge in [-0.25, -0.2) is 0 Å². The highest BCUT2D eigenvalue weighted by Crippen LogP contribution is 2.47. The first-order valence-corrected chi connectivity index (χ1v) is 9.69. The standard InChI is InChI=1S/C21H21BrN2O3/c1-2-26-18-11-15(12-23)10-17(22)20(18)27-13-19(25)24-14-21(8-9-21)16-6-4-3-5-7-16/h3-7,10-11H,2,8-9,13-14H2,1H3,(H,24,25). The van der Waals surface area contributed by atoms with Crippen LogP contribution in [0.15, 0.2) is 46.9 Å². The van der Waals surface area contributed by atoms with Gasteiger partial charge in [-0.15, -0.1) is 0 Å². The minimum atomic E-state index is -0.184. The zero-order valence-corrected chi connectivity index (χ0v) is 16.7. The quantitative estimate of drug-likeness (QED) is 0.690. The number of nitrogens with zero attached hydrogens (tertiary/aromatic N) is 1. The molecule has 5 nitrogen and oxygen atoms in total. The number of amides is 1. The molecule has 0 unspecified atom stereocenters. The van der Waals surface area contributed by atoms with Gasteiger partial charge in [0, 0.05) is 18.0 Å². The van der Waals surface area contributed by atoms with Crippen molar-refractivity contribution in [2.75, 3.05) is 19.8 Å². The van der Waals surface area contributed by atoms with Crippen LogP contribution in [0.1, 0.15) is 30.9 Å². The fraction of sp³-hybridized carbons (Fsp3) is 0.333. The van der Waals surface area contributed by atoms with E-state index < -0.39 is 0 Å². The predicted octanol–water partition coefficient (Wildman–Crippen LogP) is 3.95. The number of ether oxygens (including phenoxy) is 2. The molecule has 27 heavy (non-hydrogen) atoms. The van der Waals surface area contributed by atoms with Gasteiger partial charge in [0.25, 0.3) is 5.91 Å². The highest BCUT2D eigenvalue weighted by molar-refractivity contribution is 9.10. The summed E-state index contributed by atoms with van der Waals surface area (Å²) in [7, 11) is 0. The Morgan fingerprint density at radius 2 is 2.00 bits per heavy atom. The molecule has 1 saturated carbocycles. The van der Waals surface area contributed by atoms with Crippen LogP contribution in [-0.4, -0.2) is 25.7 Å². The molecule has 3 rings (SSSR count). The number of hydrogen-bond donors (Lipinski definition) is 1. The molecule has 1 aliphatic carbocycles. The number of benzene rings is 2. The third-order valence-electron chi connectivity index (χ3n) is 4.65. The Hall–Kier alpha value is -2.52. The molecule has 1 aliphatic rings. The Morgan fingerprint density at radius 3 is 2.63 bits per heavy atom. The summed E-state index contributed by atoms with van der Waals surface area (Å²) in [6.07, 6.45) is 2.15. The SMILES string of the molecule is CCOc1cc(C#N)cc(Br)c1OCC(=O)NCC1(c2ccccc2)CC1.